The highest BCUT2D eigenvalue weighted by molar-refractivity contribution is 6.30. The highest BCUT2D eigenvalue weighted by Gasteiger charge is 2.30. The van der Waals surface area contributed by atoms with Crippen LogP contribution in [0.15, 0.2) is 24.3 Å². The molecule has 0 saturated carbocycles. The Labute approximate surface area is 162 Å². The van der Waals surface area contributed by atoms with Crippen molar-refractivity contribution >= 4 is 17.5 Å². The Morgan fingerprint density at radius 3 is 2.35 bits per heavy atom. The summed E-state index contributed by atoms with van der Waals surface area (Å²) in [4.78, 5) is 17.4. The smallest absolute Gasteiger partial charge is 0.223 e. The number of ether oxygens (including phenoxy) is 1. The standard InChI is InChI=1S/C21H31ClN2O2/c1-21(2,18-3-5-19(22)6-4-18)15-20(25)24-9-7-17(8-10-24)16-23-11-13-26-14-12-23/h3-6,17H,7-16H2,1-2H3. The lowest BCUT2D eigenvalue weighted by atomic mass is 9.81. The van der Waals surface area contributed by atoms with Crippen molar-refractivity contribution in [2.24, 2.45) is 5.92 Å². The lowest BCUT2D eigenvalue weighted by Gasteiger charge is -2.37. The quantitative estimate of drug-likeness (QED) is 0.785. The third-order valence-corrected chi connectivity index (χ3v) is 6.06. The fourth-order valence-electron chi connectivity index (χ4n) is 4.01. The van der Waals surface area contributed by atoms with Gasteiger partial charge in [-0.25, -0.2) is 0 Å². The highest BCUT2D eigenvalue weighted by Crippen LogP contribution is 2.30. The van der Waals surface area contributed by atoms with E-state index in [-0.39, 0.29) is 11.3 Å². The van der Waals surface area contributed by atoms with Gasteiger partial charge in [0.25, 0.3) is 0 Å². The number of morpholine rings is 1. The molecule has 3 rings (SSSR count). The zero-order chi connectivity index (χ0) is 18.6. The number of nitrogens with zero attached hydrogens (tertiary/aromatic N) is 2. The van der Waals surface area contributed by atoms with E-state index in [1.165, 1.54) is 0 Å². The summed E-state index contributed by atoms with van der Waals surface area (Å²) in [6, 6.07) is 7.87. The average Bonchev–Trinajstić information content (AvgIpc) is 2.63. The van der Waals surface area contributed by atoms with Crippen LogP contribution in [0.5, 0.6) is 0 Å². The summed E-state index contributed by atoms with van der Waals surface area (Å²) in [6.07, 6.45) is 2.78. The molecule has 0 N–H and O–H groups in total. The predicted octanol–water partition coefficient (Wildman–Crippen LogP) is 3.58. The van der Waals surface area contributed by atoms with Crippen LogP contribution in [0.3, 0.4) is 0 Å². The molecular formula is C21H31ClN2O2. The minimum Gasteiger partial charge on any atom is -0.379 e. The maximum absolute atomic E-state index is 12.8. The van der Waals surface area contributed by atoms with E-state index in [0.29, 0.717) is 12.3 Å². The first-order chi connectivity index (χ1) is 12.4. The summed E-state index contributed by atoms with van der Waals surface area (Å²) < 4.78 is 5.42. The number of amides is 1. The Kier molecular flexibility index (Phi) is 6.60. The Morgan fingerprint density at radius 1 is 1.12 bits per heavy atom. The van der Waals surface area contributed by atoms with Gasteiger partial charge in [0.15, 0.2) is 0 Å². The zero-order valence-corrected chi connectivity index (χ0v) is 16.8. The van der Waals surface area contributed by atoms with E-state index in [4.69, 9.17) is 16.3 Å². The van der Waals surface area contributed by atoms with Crippen molar-refractivity contribution < 1.29 is 9.53 Å². The molecule has 0 radical (unpaired) electrons. The molecule has 1 aromatic rings. The molecule has 0 unspecified atom stereocenters. The second-order valence-corrected chi connectivity index (χ2v) is 8.74. The summed E-state index contributed by atoms with van der Waals surface area (Å²) >= 11 is 5.99. The molecule has 2 aliphatic heterocycles. The molecule has 2 aliphatic rings. The van der Waals surface area contributed by atoms with Crippen LogP contribution in [-0.2, 0) is 14.9 Å². The first-order valence-electron chi connectivity index (χ1n) is 9.78. The van der Waals surface area contributed by atoms with E-state index in [1.54, 1.807) is 0 Å². The lowest BCUT2D eigenvalue weighted by molar-refractivity contribution is -0.133. The van der Waals surface area contributed by atoms with Gasteiger partial charge < -0.3 is 9.64 Å². The minimum atomic E-state index is -0.174. The van der Waals surface area contributed by atoms with Crippen molar-refractivity contribution in [2.75, 3.05) is 45.9 Å². The minimum absolute atomic E-state index is 0.174. The number of carbonyl (C=O) groups is 1. The molecule has 2 fully saturated rings. The van der Waals surface area contributed by atoms with E-state index in [1.807, 2.05) is 24.3 Å². The molecule has 5 heteroatoms. The fourth-order valence-corrected chi connectivity index (χ4v) is 4.13. The number of piperidine rings is 1. The zero-order valence-electron chi connectivity index (χ0n) is 16.0. The molecule has 2 heterocycles. The summed E-state index contributed by atoms with van der Waals surface area (Å²) in [5.41, 5.74) is 0.990. The molecule has 0 bridgehead atoms. The summed E-state index contributed by atoms with van der Waals surface area (Å²) in [5.74, 6) is 0.983. The van der Waals surface area contributed by atoms with Gasteiger partial charge in [-0.05, 0) is 41.9 Å². The summed E-state index contributed by atoms with van der Waals surface area (Å²) in [7, 11) is 0. The summed E-state index contributed by atoms with van der Waals surface area (Å²) in [6.45, 7) is 11.0. The Morgan fingerprint density at radius 2 is 1.73 bits per heavy atom. The van der Waals surface area contributed by atoms with Crippen molar-refractivity contribution in [2.45, 2.75) is 38.5 Å². The van der Waals surface area contributed by atoms with Crippen molar-refractivity contribution in [3.05, 3.63) is 34.9 Å². The van der Waals surface area contributed by atoms with E-state index < -0.39 is 0 Å². The second-order valence-electron chi connectivity index (χ2n) is 8.30. The van der Waals surface area contributed by atoms with Gasteiger partial charge in [0.1, 0.15) is 0 Å². The number of rotatable bonds is 5. The molecule has 0 aromatic heterocycles. The molecule has 0 aliphatic carbocycles. The first-order valence-corrected chi connectivity index (χ1v) is 10.2. The van der Waals surface area contributed by atoms with Gasteiger partial charge >= 0.3 is 0 Å². The van der Waals surface area contributed by atoms with Gasteiger partial charge in [-0.1, -0.05) is 37.6 Å². The molecule has 0 atom stereocenters. The molecule has 26 heavy (non-hydrogen) atoms. The van der Waals surface area contributed by atoms with Gasteiger partial charge in [0.2, 0.25) is 5.91 Å². The van der Waals surface area contributed by atoms with Crippen LogP contribution in [-0.4, -0.2) is 61.6 Å². The number of halogens is 1. The normalized spacial score (nSPS) is 20.3. The molecule has 0 spiro atoms. The van der Waals surface area contributed by atoms with E-state index in [0.717, 1.165) is 69.4 Å². The van der Waals surface area contributed by atoms with Gasteiger partial charge in [0.05, 0.1) is 13.2 Å². The Hall–Kier alpha value is -1.10. The van der Waals surface area contributed by atoms with Crippen LogP contribution in [0, 0.1) is 5.92 Å². The third kappa shape index (κ3) is 5.21. The van der Waals surface area contributed by atoms with Crippen molar-refractivity contribution in [3.8, 4) is 0 Å². The van der Waals surface area contributed by atoms with Gasteiger partial charge in [0, 0.05) is 44.2 Å². The summed E-state index contributed by atoms with van der Waals surface area (Å²) in [5, 5.41) is 0.734. The number of hydrogen-bond donors (Lipinski definition) is 0. The first kappa shape index (κ1) is 19.7. The molecular weight excluding hydrogens is 348 g/mol. The number of benzene rings is 1. The van der Waals surface area contributed by atoms with Crippen molar-refractivity contribution in [1.29, 1.82) is 0 Å². The number of likely N-dealkylation sites (tertiary alicyclic amines) is 1. The molecule has 1 aromatic carbocycles. The van der Waals surface area contributed by atoms with E-state index in [9.17, 15) is 4.79 Å². The maximum Gasteiger partial charge on any atom is 0.223 e. The van der Waals surface area contributed by atoms with Gasteiger partial charge in [-0.15, -0.1) is 0 Å². The lowest BCUT2D eigenvalue weighted by Crippen LogP contribution is -2.45. The van der Waals surface area contributed by atoms with Crippen LogP contribution >= 0.6 is 11.6 Å². The van der Waals surface area contributed by atoms with Crippen LogP contribution in [0.4, 0.5) is 0 Å². The van der Waals surface area contributed by atoms with Crippen molar-refractivity contribution in [1.82, 2.24) is 9.80 Å². The number of hydrogen-bond acceptors (Lipinski definition) is 3. The SMILES string of the molecule is CC(C)(CC(=O)N1CCC(CN2CCOCC2)CC1)c1ccc(Cl)cc1. The van der Waals surface area contributed by atoms with Crippen LogP contribution in [0.25, 0.3) is 0 Å². The maximum atomic E-state index is 12.8. The molecule has 1 amide bonds. The highest BCUT2D eigenvalue weighted by atomic mass is 35.5. The largest absolute Gasteiger partial charge is 0.379 e. The average molecular weight is 379 g/mol. The van der Waals surface area contributed by atoms with E-state index >= 15 is 0 Å². The van der Waals surface area contributed by atoms with Crippen LogP contribution < -0.4 is 0 Å². The monoisotopic (exact) mass is 378 g/mol. The Bertz CT molecular complexity index is 589. The van der Waals surface area contributed by atoms with E-state index in [2.05, 4.69) is 23.6 Å². The molecule has 144 valence electrons. The fraction of sp³-hybridized carbons (Fsp3) is 0.667. The number of carbonyl (C=O) groups excluding carboxylic acids is 1. The van der Waals surface area contributed by atoms with Crippen LogP contribution in [0.2, 0.25) is 5.02 Å². The topological polar surface area (TPSA) is 32.8 Å². The third-order valence-electron chi connectivity index (χ3n) is 5.81. The second kappa shape index (κ2) is 8.73. The molecule has 4 nitrogen and oxygen atoms in total. The van der Waals surface area contributed by atoms with Crippen LogP contribution in [0.1, 0.15) is 38.7 Å². The van der Waals surface area contributed by atoms with Gasteiger partial charge in [-0.3, -0.25) is 9.69 Å². The predicted molar refractivity (Wildman–Crippen MR) is 106 cm³/mol. The van der Waals surface area contributed by atoms with Crippen molar-refractivity contribution in [3.63, 3.8) is 0 Å². The molecule has 2 saturated heterocycles. The Balaban J connectivity index is 1.47. The van der Waals surface area contributed by atoms with Gasteiger partial charge in [-0.2, -0.15) is 0 Å².